The molecule has 12 nitrogen and oxygen atoms in total. The summed E-state index contributed by atoms with van der Waals surface area (Å²) in [5.74, 6) is -3.25. The summed E-state index contributed by atoms with van der Waals surface area (Å²) >= 11 is 3.73. The molecular formula is C36H49BrN4O8. The molecule has 4 fully saturated rings. The van der Waals surface area contributed by atoms with Crippen molar-refractivity contribution in [3.8, 4) is 0 Å². The number of esters is 1. The number of likely N-dealkylation sites (tertiary alicyclic amines) is 1. The van der Waals surface area contributed by atoms with E-state index < -0.39 is 41.7 Å². The third-order valence-electron chi connectivity index (χ3n) is 10.0. The first kappa shape index (κ1) is 37.2. The molecule has 4 heterocycles. The van der Waals surface area contributed by atoms with E-state index in [4.69, 9.17) is 14.2 Å². The lowest BCUT2D eigenvalue weighted by Crippen LogP contribution is -2.57. The van der Waals surface area contributed by atoms with E-state index in [0.29, 0.717) is 64.1 Å². The van der Waals surface area contributed by atoms with Gasteiger partial charge in [0.15, 0.2) is 0 Å². The molecule has 4 aliphatic rings. The lowest BCUT2D eigenvalue weighted by molar-refractivity contribution is -0.160. The smallest absolute Gasteiger partial charge is 0.313 e. The number of hydrogen-bond acceptors (Lipinski definition) is 9. The molecule has 3 amide bonds. The number of hydrogen-bond donors (Lipinski definition) is 2. The van der Waals surface area contributed by atoms with Crippen molar-refractivity contribution in [2.45, 2.75) is 60.8 Å². The summed E-state index contributed by atoms with van der Waals surface area (Å²) in [6, 6.07) is 8.20. The Balaban J connectivity index is 1.41. The van der Waals surface area contributed by atoms with E-state index in [2.05, 4.69) is 39.3 Å². The van der Waals surface area contributed by atoms with Crippen molar-refractivity contribution < 1.29 is 38.5 Å². The number of allylic oxidation sites excluding steroid dienone is 1. The van der Waals surface area contributed by atoms with Crippen LogP contribution in [0.1, 0.15) is 43.8 Å². The van der Waals surface area contributed by atoms with E-state index in [1.165, 1.54) is 0 Å². The van der Waals surface area contributed by atoms with E-state index in [1.54, 1.807) is 22.0 Å². The fourth-order valence-electron chi connectivity index (χ4n) is 7.66. The van der Waals surface area contributed by atoms with Crippen LogP contribution in [0.4, 0.5) is 0 Å². The van der Waals surface area contributed by atoms with E-state index in [0.717, 1.165) is 13.1 Å². The van der Waals surface area contributed by atoms with Gasteiger partial charge in [-0.3, -0.25) is 24.1 Å². The number of amides is 3. The van der Waals surface area contributed by atoms with Crippen molar-refractivity contribution in [1.29, 1.82) is 0 Å². The molecule has 1 unspecified atom stereocenters. The molecule has 2 N–H and O–H groups in total. The van der Waals surface area contributed by atoms with Gasteiger partial charge in [0.1, 0.15) is 17.7 Å². The zero-order valence-electron chi connectivity index (χ0n) is 28.1. The van der Waals surface area contributed by atoms with Crippen LogP contribution in [-0.4, -0.2) is 132 Å². The number of carbonyl (C=O) groups is 4. The first-order valence-electron chi connectivity index (χ1n) is 17.3. The second kappa shape index (κ2) is 17.2. The number of rotatable bonds is 18. The van der Waals surface area contributed by atoms with Gasteiger partial charge >= 0.3 is 5.97 Å². The van der Waals surface area contributed by atoms with Gasteiger partial charge in [-0.25, -0.2) is 0 Å². The van der Waals surface area contributed by atoms with Crippen LogP contribution in [0.15, 0.2) is 55.6 Å². The zero-order valence-corrected chi connectivity index (χ0v) is 29.6. The average Bonchev–Trinajstić information content (AvgIpc) is 3.71. The van der Waals surface area contributed by atoms with Gasteiger partial charge in [0.05, 0.1) is 37.7 Å². The normalized spacial score (nSPS) is 28.2. The lowest BCUT2D eigenvalue weighted by Gasteiger charge is -2.38. The SMILES string of the molecule is C=CCCC(=O)NC[C@H](OC(=O)[C@@H]1[C@H]2O[C@@]3(CC2Br)[C@H](C(=O)N(CC=C)CCN2CCOCC2)N(CCCCO)C(=O)[C@@H]13)c1ccccc1. The van der Waals surface area contributed by atoms with Crippen molar-refractivity contribution in [2.75, 3.05) is 65.6 Å². The Bertz CT molecular complexity index is 1340. The highest BCUT2D eigenvalue weighted by Crippen LogP contribution is 2.60. The maximum atomic E-state index is 14.6. The summed E-state index contributed by atoms with van der Waals surface area (Å²) in [7, 11) is 0. The Hall–Kier alpha value is -3.10. The number of unbranched alkanes of at least 4 members (excludes halogenated alkanes) is 1. The van der Waals surface area contributed by atoms with E-state index in [1.807, 2.05) is 30.3 Å². The van der Waals surface area contributed by atoms with Gasteiger partial charge in [0, 0.05) is 57.1 Å². The van der Waals surface area contributed by atoms with Gasteiger partial charge < -0.3 is 34.4 Å². The van der Waals surface area contributed by atoms with Crippen LogP contribution in [0.25, 0.3) is 0 Å². The summed E-state index contributed by atoms with van der Waals surface area (Å²) in [6.07, 6.45) is 3.97. The number of carbonyl (C=O) groups excluding carboxylic acids is 4. The summed E-state index contributed by atoms with van der Waals surface area (Å²) in [5.41, 5.74) is -0.541. The first-order chi connectivity index (χ1) is 23.7. The Morgan fingerprint density at radius 1 is 1.14 bits per heavy atom. The number of fused-ring (bicyclic) bond motifs is 1. The molecule has 1 spiro atoms. The van der Waals surface area contributed by atoms with E-state index >= 15 is 0 Å². The molecule has 0 aromatic heterocycles. The summed E-state index contributed by atoms with van der Waals surface area (Å²) < 4.78 is 18.3. The highest BCUT2D eigenvalue weighted by atomic mass is 79.9. The number of ether oxygens (including phenoxy) is 3. The first-order valence-corrected chi connectivity index (χ1v) is 18.2. The van der Waals surface area contributed by atoms with E-state index in [9.17, 15) is 24.3 Å². The molecule has 13 heteroatoms. The number of aliphatic hydroxyl groups excluding tert-OH is 1. The van der Waals surface area contributed by atoms with Gasteiger partial charge in [-0.05, 0) is 31.2 Å². The molecule has 2 bridgehead atoms. The van der Waals surface area contributed by atoms with Crippen LogP contribution in [0, 0.1) is 11.8 Å². The third kappa shape index (κ3) is 8.12. The van der Waals surface area contributed by atoms with Crippen molar-refractivity contribution >= 4 is 39.6 Å². The van der Waals surface area contributed by atoms with Gasteiger partial charge in [0.25, 0.3) is 0 Å². The third-order valence-corrected chi connectivity index (χ3v) is 10.9. The largest absolute Gasteiger partial charge is 0.455 e. The van der Waals surface area contributed by atoms with Crippen molar-refractivity contribution in [1.82, 2.24) is 20.0 Å². The summed E-state index contributed by atoms with van der Waals surface area (Å²) in [5, 5.41) is 12.4. The fourth-order valence-corrected chi connectivity index (χ4v) is 8.60. The van der Waals surface area contributed by atoms with Crippen LogP contribution in [0.3, 0.4) is 0 Å². The summed E-state index contributed by atoms with van der Waals surface area (Å²) in [4.78, 5) is 61.0. The second-order valence-electron chi connectivity index (χ2n) is 13.1. The minimum atomic E-state index is -1.24. The average molecular weight is 746 g/mol. The topological polar surface area (TPSA) is 138 Å². The van der Waals surface area contributed by atoms with Crippen LogP contribution >= 0.6 is 15.9 Å². The summed E-state index contributed by atoms with van der Waals surface area (Å²) in [6.45, 7) is 12.0. The van der Waals surface area contributed by atoms with Gasteiger partial charge in [-0.2, -0.15) is 0 Å². The number of alkyl halides is 1. The highest BCUT2D eigenvalue weighted by Gasteiger charge is 2.77. The Labute approximate surface area is 296 Å². The number of nitrogens with zero attached hydrogens (tertiary/aromatic N) is 3. The molecule has 4 saturated heterocycles. The maximum Gasteiger partial charge on any atom is 0.313 e. The predicted molar refractivity (Wildman–Crippen MR) is 185 cm³/mol. The number of halogens is 1. The Kier molecular flexibility index (Phi) is 13.1. The molecule has 0 radical (unpaired) electrons. The predicted octanol–water partition coefficient (Wildman–Crippen LogP) is 2.22. The molecule has 4 aliphatic heterocycles. The van der Waals surface area contributed by atoms with E-state index in [-0.39, 0.29) is 48.7 Å². The van der Waals surface area contributed by atoms with Crippen molar-refractivity contribution in [3.63, 3.8) is 0 Å². The van der Waals surface area contributed by atoms with Crippen LogP contribution < -0.4 is 5.32 Å². The fraction of sp³-hybridized carbons (Fsp3) is 0.611. The van der Waals surface area contributed by atoms with Gasteiger partial charge in [0.2, 0.25) is 17.7 Å². The molecule has 268 valence electrons. The minimum Gasteiger partial charge on any atom is -0.455 e. The lowest BCUT2D eigenvalue weighted by atomic mass is 9.70. The van der Waals surface area contributed by atoms with Crippen molar-refractivity contribution in [2.24, 2.45) is 11.8 Å². The minimum absolute atomic E-state index is 0.0423. The van der Waals surface area contributed by atoms with Crippen LogP contribution in [-0.2, 0) is 33.4 Å². The van der Waals surface area contributed by atoms with Gasteiger partial charge in [-0.1, -0.05) is 58.4 Å². The van der Waals surface area contributed by atoms with Gasteiger partial charge in [-0.15, -0.1) is 13.2 Å². The number of benzene rings is 1. The molecule has 49 heavy (non-hydrogen) atoms. The van der Waals surface area contributed by atoms with Crippen LogP contribution in [0.2, 0.25) is 0 Å². The quantitative estimate of drug-likeness (QED) is 0.100. The maximum absolute atomic E-state index is 14.6. The number of morpholine rings is 1. The zero-order chi connectivity index (χ0) is 35.0. The molecule has 5 rings (SSSR count). The van der Waals surface area contributed by atoms with Crippen molar-refractivity contribution in [3.05, 3.63) is 61.2 Å². The molecule has 0 aliphatic carbocycles. The monoisotopic (exact) mass is 744 g/mol. The molecule has 1 aromatic carbocycles. The number of aliphatic hydroxyl groups is 1. The van der Waals surface area contributed by atoms with Crippen LogP contribution in [0.5, 0.6) is 0 Å². The Morgan fingerprint density at radius 3 is 2.59 bits per heavy atom. The molecule has 1 aromatic rings. The molecule has 0 saturated carbocycles. The highest BCUT2D eigenvalue weighted by molar-refractivity contribution is 9.09. The second-order valence-corrected chi connectivity index (χ2v) is 14.3. The molecular weight excluding hydrogens is 696 g/mol. The Morgan fingerprint density at radius 2 is 1.90 bits per heavy atom. The number of nitrogens with one attached hydrogen (secondary N) is 1. The molecule has 7 atom stereocenters. The standard InChI is InChI=1S/C36H49BrN4O8/c1-3-5-13-28(43)38-24-27(25-11-7-6-8-12-25)48-35(46)29-30-33(44)41(15-9-10-20-42)32(36(30)23-26(37)31(29)49-36)34(45)40(14-4-2)17-16-39-18-21-47-22-19-39/h3-4,6-8,11-12,26-27,29-32,42H,1-2,5,9-10,13-24H2,(H,38,43)/t26?,27-,29-,30+,31-,32-,36+/m0/s1.